The quantitative estimate of drug-likeness (QED) is 0.826. The lowest BCUT2D eigenvalue weighted by atomic mass is 9.86. The predicted octanol–water partition coefficient (Wildman–Crippen LogP) is 3.79. The van der Waals surface area contributed by atoms with Gasteiger partial charge in [0.25, 0.3) is 0 Å². The molecule has 0 saturated carbocycles. The Labute approximate surface area is 115 Å². The Hall–Kier alpha value is -0.730. The van der Waals surface area contributed by atoms with Gasteiger partial charge in [-0.2, -0.15) is 0 Å². The Bertz CT molecular complexity index is 419. The highest BCUT2D eigenvalue weighted by atomic mass is 35.5. The van der Waals surface area contributed by atoms with E-state index in [-0.39, 0.29) is 0 Å². The van der Waals surface area contributed by atoms with E-state index in [2.05, 4.69) is 25.7 Å². The van der Waals surface area contributed by atoms with Crippen molar-refractivity contribution in [2.24, 2.45) is 11.8 Å². The molecule has 3 atom stereocenters. The molecule has 0 spiro atoms. The van der Waals surface area contributed by atoms with Crippen molar-refractivity contribution in [2.75, 3.05) is 12.3 Å². The first kappa shape index (κ1) is 13.7. The molecule has 100 valence electrons. The minimum atomic E-state index is 0.610. The van der Waals surface area contributed by atoms with Gasteiger partial charge < -0.3 is 5.73 Å². The minimum Gasteiger partial charge on any atom is -0.399 e. The van der Waals surface area contributed by atoms with E-state index in [1.54, 1.807) is 0 Å². The van der Waals surface area contributed by atoms with Crippen LogP contribution < -0.4 is 5.73 Å². The fraction of sp³-hybridized carbons (Fsp3) is 0.600. The van der Waals surface area contributed by atoms with Crippen LogP contribution in [0.2, 0.25) is 5.02 Å². The average molecular weight is 267 g/mol. The van der Waals surface area contributed by atoms with E-state index in [9.17, 15) is 0 Å². The third-order valence-electron chi connectivity index (χ3n) is 4.16. The van der Waals surface area contributed by atoms with Crippen LogP contribution in [0.4, 0.5) is 5.69 Å². The average Bonchev–Trinajstić information content (AvgIpc) is 2.30. The Balaban J connectivity index is 2.14. The van der Waals surface area contributed by atoms with E-state index in [0.717, 1.165) is 41.2 Å². The molecule has 1 fully saturated rings. The van der Waals surface area contributed by atoms with E-state index >= 15 is 0 Å². The van der Waals surface area contributed by atoms with Gasteiger partial charge in [-0.25, -0.2) is 0 Å². The number of benzene rings is 1. The summed E-state index contributed by atoms with van der Waals surface area (Å²) in [7, 11) is 0. The SMILES string of the molecule is CC1CC(C)C(C)N(Cc2cc(N)ccc2Cl)C1. The maximum Gasteiger partial charge on any atom is 0.0452 e. The van der Waals surface area contributed by atoms with Gasteiger partial charge in [-0.05, 0) is 48.9 Å². The molecule has 0 radical (unpaired) electrons. The number of nitrogens with two attached hydrogens (primary N) is 1. The van der Waals surface area contributed by atoms with Gasteiger partial charge in [-0.3, -0.25) is 4.90 Å². The molecule has 2 nitrogen and oxygen atoms in total. The smallest absolute Gasteiger partial charge is 0.0452 e. The first-order valence-electron chi connectivity index (χ1n) is 6.75. The lowest BCUT2D eigenvalue weighted by Gasteiger charge is -2.41. The number of hydrogen-bond acceptors (Lipinski definition) is 2. The Morgan fingerprint density at radius 1 is 1.33 bits per heavy atom. The number of nitrogens with zero attached hydrogens (tertiary/aromatic N) is 1. The molecule has 3 heteroatoms. The van der Waals surface area contributed by atoms with E-state index in [1.165, 1.54) is 6.42 Å². The molecule has 1 heterocycles. The number of piperidine rings is 1. The van der Waals surface area contributed by atoms with Gasteiger partial charge in [-0.15, -0.1) is 0 Å². The van der Waals surface area contributed by atoms with Crippen LogP contribution in [0.5, 0.6) is 0 Å². The molecule has 1 aromatic rings. The van der Waals surface area contributed by atoms with Crippen molar-refractivity contribution < 1.29 is 0 Å². The normalized spacial score (nSPS) is 29.4. The first-order chi connectivity index (χ1) is 8.47. The zero-order chi connectivity index (χ0) is 13.3. The van der Waals surface area contributed by atoms with Gasteiger partial charge in [0.15, 0.2) is 0 Å². The lowest BCUT2D eigenvalue weighted by molar-refractivity contribution is 0.0730. The maximum absolute atomic E-state index is 6.25. The second kappa shape index (κ2) is 5.50. The van der Waals surface area contributed by atoms with Crippen LogP contribution >= 0.6 is 11.6 Å². The van der Waals surface area contributed by atoms with Crippen molar-refractivity contribution in [1.29, 1.82) is 0 Å². The first-order valence-corrected chi connectivity index (χ1v) is 7.13. The van der Waals surface area contributed by atoms with Gasteiger partial charge >= 0.3 is 0 Å². The topological polar surface area (TPSA) is 29.3 Å². The molecule has 1 aliphatic heterocycles. The zero-order valence-electron chi connectivity index (χ0n) is 11.5. The van der Waals surface area contributed by atoms with Crippen molar-refractivity contribution in [1.82, 2.24) is 4.90 Å². The summed E-state index contributed by atoms with van der Waals surface area (Å²) >= 11 is 6.25. The fourth-order valence-electron chi connectivity index (χ4n) is 2.98. The van der Waals surface area contributed by atoms with Gasteiger partial charge in [-0.1, -0.05) is 25.4 Å². The van der Waals surface area contributed by atoms with Crippen LogP contribution in [-0.4, -0.2) is 17.5 Å². The number of anilines is 1. The molecule has 3 unspecified atom stereocenters. The van der Waals surface area contributed by atoms with Gasteiger partial charge in [0, 0.05) is 29.8 Å². The summed E-state index contributed by atoms with van der Waals surface area (Å²) in [6.45, 7) is 9.04. The molecule has 18 heavy (non-hydrogen) atoms. The van der Waals surface area contributed by atoms with Crippen molar-refractivity contribution in [3.63, 3.8) is 0 Å². The van der Waals surface area contributed by atoms with Gasteiger partial charge in [0.1, 0.15) is 0 Å². The van der Waals surface area contributed by atoms with Crippen molar-refractivity contribution in [2.45, 2.75) is 39.8 Å². The molecule has 2 rings (SSSR count). The highest BCUT2D eigenvalue weighted by Gasteiger charge is 2.28. The lowest BCUT2D eigenvalue weighted by Crippen LogP contribution is -2.45. The van der Waals surface area contributed by atoms with Crippen molar-refractivity contribution in [3.8, 4) is 0 Å². The summed E-state index contributed by atoms with van der Waals surface area (Å²) in [5, 5.41) is 0.822. The molecule has 0 aliphatic carbocycles. The Morgan fingerprint density at radius 3 is 2.78 bits per heavy atom. The van der Waals surface area contributed by atoms with Crippen molar-refractivity contribution >= 4 is 17.3 Å². The summed E-state index contributed by atoms with van der Waals surface area (Å²) in [4.78, 5) is 2.53. The largest absolute Gasteiger partial charge is 0.399 e. The van der Waals surface area contributed by atoms with Crippen LogP contribution in [0.25, 0.3) is 0 Å². The third-order valence-corrected chi connectivity index (χ3v) is 4.53. The fourth-order valence-corrected chi connectivity index (χ4v) is 3.15. The van der Waals surface area contributed by atoms with Crippen LogP contribution in [0.3, 0.4) is 0 Å². The summed E-state index contributed by atoms with van der Waals surface area (Å²) in [5.74, 6) is 1.50. The highest BCUT2D eigenvalue weighted by molar-refractivity contribution is 6.31. The number of halogens is 1. The van der Waals surface area contributed by atoms with E-state index < -0.39 is 0 Å². The molecular formula is C15H23ClN2. The Kier molecular flexibility index (Phi) is 4.18. The summed E-state index contributed by atoms with van der Waals surface area (Å²) in [6.07, 6.45) is 1.32. The predicted molar refractivity (Wildman–Crippen MR) is 78.7 cm³/mol. The van der Waals surface area contributed by atoms with Crippen LogP contribution in [-0.2, 0) is 6.54 Å². The maximum atomic E-state index is 6.25. The number of nitrogen functional groups attached to an aromatic ring is 1. The van der Waals surface area contributed by atoms with Gasteiger partial charge in [0.05, 0.1) is 0 Å². The van der Waals surface area contributed by atoms with E-state index in [0.29, 0.717) is 6.04 Å². The van der Waals surface area contributed by atoms with Crippen LogP contribution in [0.15, 0.2) is 18.2 Å². The molecule has 1 aromatic carbocycles. The molecule has 0 amide bonds. The second-order valence-corrected chi connectivity index (χ2v) is 6.25. The molecule has 0 bridgehead atoms. The second-order valence-electron chi connectivity index (χ2n) is 5.84. The standard InChI is InChI=1S/C15H23ClN2/c1-10-6-11(2)12(3)18(8-10)9-13-7-14(17)4-5-15(13)16/h4-5,7,10-12H,6,8-9,17H2,1-3H3. The number of rotatable bonds is 2. The number of likely N-dealkylation sites (tertiary alicyclic amines) is 1. The monoisotopic (exact) mass is 266 g/mol. The van der Waals surface area contributed by atoms with Gasteiger partial charge in [0.2, 0.25) is 0 Å². The minimum absolute atomic E-state index is 0.610. The highest BCUT2D eigenvalue weighted by Crippen LogP contribution is 2.30. The summed E-state index contributed by atoms with van der Waals surface area (Å²) < 4.78 is 0. The zero-order valence-corrected chi connectivity index (χ0v) is 12.2. The molecule has 1 aliphatic rings. The van der Waals surface area contributed by atoms with Crippen LogP contribution in [0, 0.1) is 11.8 Å². The molecule has 2 N–H and O–H groups in total. The third kappa shape index (κ3) is 2.99. The molecular weight excluding hydrogens is 244 g/mol. The number of hydrogen-bond donors (Lipinski definition) is 1. The summed E-state index contributed by atoms with van der Waals surface area (Å²) in [6, 6.07) is 6.36. The van der Waals surface area contributed by atoms with E-state index in [4.69, 9.17) is 17.3 Å². The molecule has 0 aromatic heterocycles. The molecule has 1 saturated heterocycles. The van der Waals surface area contributed by atoms with Crippen molar-refractivity contribution in [3.05, 3.63) is 28.8 Å². The summed E-state index contributed by atoms with van der Waals surface area (Å²) in [5.41, 5.74) is 7.78. The van der Waals surface area contributed by atoms with E-state index in [1.807, 2.05) is 18.2 Å². The van der Waals surface area contributed by atoms with Crippen LogP contribution in [0.1, 0.15) is 32.8 Å². The Morgan fingerprint density at radius 2 is 2.06 bits per heavy atom.